The van der Waals surface area contributed by atoms with Gasteiger partial charge in [0.05, 0.1) is 10.6 Å². The van der Waals surface area contributed by atoms with Crippen LogP contribution in [0.4, 0.5) is 0 Å². The SMILES string of the molecule is Cn1ccnc1-c1nc(CN)c(-c2ccccc2)s1. The fourth-order valence-electron chi connectivity index (χ4n) is 1.97. The Morgan fingerprint density at radius 3 is 2.68 bits per heavy atom. The molecule has 0 aliphatic rings. The smallest absolute Gasteiger partial charge is 0.168 e. The molecule has 5 heteroatoms. The second-order valence-electron chi connectivity index (χ2n) is 4.23. The first kappa shape index (κ1) is 12.1. The molecule has 0 radical (unpaired) electrons. The number of nitrogens with two attached hydrogens (primary N) is 1. The van der Waals surface area contributed by atoms with E-state index in [0.29, 0.717) is 6.54 Å². The second kappa shape index (κ2) is 4.95. The minimum atomic E-state index is 0.436. The van der Waals surface area contributed by atoms with Crippen molar-refractivity contribution in [2.45, 2.75) is 6.54 Å². The Morgan fingerprint density at radius 2 is 2.05 bits per heavy atom. The molecule has 2 aromatic heterocycles. The standard InChI is InChI=1S/C14H14N4S/c1-18-8-7-16-13(18)14-17-11(9-15)12(19-14)10-5-3-2-4-6-10/h2-8H,9,15H2,1H3. The van der Waals surface area contributed by atoms with E-state index in [1.165, 1.54) is 0 Å². The lowest BCUT2D eigenvalue weighted by atomic mass is 10.1. The van der Waals surface area contributed by atoms with Crippen LogP contribution in [0.3, 0.4) is 0 Å². The normalized spacial score (nSPS) is 10.8. The lowest BCUT2D eigenvalue weighted by Crippen LogP contribution is -1.98. The minimum absolute atomic E-state index is 0.436. The number of aromatic nitrogens is 3. The molecule has 0 saturated carbocycles. The first-order valence-corrected chi connectivity index (χ1v) is 6.84. The number of hydrogen-bond acceptors (Lipinski definition) is 4. The first-order valence-electron chi connectivity index (χ1n) is 6.02. The number of nitrogens with zero attached hydrogens (tertiary/aromatic N) is 3. The molecular formula is C14H14N4S. The molecule has 1 aromatic carbocycles. The Hall–Kier alpha value is -1.98. The molecule has 0 amide bonds. The molecule has 3 aromatic rings. The quantitative estimate of drug-likeness (QED) is 0.796. The van der Waals surface area contributed by atoms with Crippen LogP contribution in [0.2, 0.25) is 0 Å². The van der Waals surface area contributed by atoms with Gasteiger partial charge >= 0.3 is 0 Å². The molecule has 0 saturated heterocycles. The van der Waals surface area contributed by atoms with Crippen molar-refractivity contribution in [1.82, 2.24) is 14.5 Å². The minimum Gasteiger partial charge on any atom is -0.332 e. The molecule has 0 unspecified atom stereocenters. The van der Waals surface area contributed by atoms with Gasteiger partial charge in [-0.25, -0.2) is 9.97 Å². The first-order chi connectivity index (χ1) is 9.29. The molecule has 0 spiro atoms. The fraction of sp³-hybridized carbons (Fsp3) is 0.143. The van der Waals surface area contributed by atoms with E-state index in [-0.39, 0.29) is 0 Å². The number of rotatable bonds is 3. The highest BCUT2D eigenvalue weighted by Crippen LogP contribution is 2.34. The van der Waals surface area contributed by atoms with Gasteiger partial charge in [0.2, 0.25) is 0 Å². The molecule has 19 heavy (non-hydrogen) atoms. The highest BCUT2D eigenvalue weighted by molar-refractivity contribution is 7.18. The molecule has 4 nitrogen and oxygen atoms in total. The summed E-state index contributed by atoms with van der Waals surface area (Å²) < 4.78 is 1.97. The Balaban J connectivity index is 2.12. The molecule has 0 aliphatic heterocycles. The zero-order valence-electron chi connectivity index (χ0n) is 10.6. The maximum absolute atomic E-state index is 5.81. The number of aryl methyl sites for hydroxylation is 1. The zero-order valence-corrected chi connectivity index (χ0v) is 11.4. The maximum Gasteiger partial charge on any atom is 0.168 e. The Kier molecular flexibility index (Phi) is 3.15. The highest BCUT2D eigenvalue weighted by Gasteiger charge is 2.15. The van der Waals surface area contributed by atoms with E-state index >= 15 is 0 Å². The predicted octanol–water partition coefficient (Wildman–Crippen LogP) is 2.67. The van der Waals surface area contributed by atoms with Gasteiger partial charge in [0, 0.05) is 26.0 Å². The molecular weight excluding hydrogens is 256 g/mol. The zero-order chi connectivity index (χ0) is 13.2. The van der Waals surface area contributed by atoms with Gasteiger partial charge in [0.1, 0.15) is 0 Å². The van der Waals surface area contributed by atoms with Gasteiger partial charge in [-0.3, -0.25) is 0 Å². The van der Waals surface area contributed by atoms with Crippen molar-refractivity contribution in [1.29, 1.82) is 0 Å². The summed E-state index contributed by atoms with van der Waals surface area (Å²) in [5.41, 5.74) is 7.89. The van der Waals surface area contributed by atoms with Gasteiger partial charge in [-0.15, -0.1) is 11.3 Å². The third-order valence-electron chi connectivity index (χ3n) is 2.94. The van der Waals surface area contributed by atoms with E-state index in [1.54, 1.807) is 17.5 Å². The van der Waals surface area contributed by atoms with Crippen LogP contribution in [-0.4, -0.2) is 14.5 Å². The Morgan fingerprint density at radius 1 is 1.26 bits per heavy atom. The highest BCUT2D eigenvalue weighted by atomic mass is 32.1. The third kappa shape index (κ3) is 2.18. The third-order valence-corrected chi connectivity index (χ3v) is 4.08. The Labute approximate surface area is 115 Å². The number of imidazole rings is 1. The predicted molar refractivity (Wildman–Crippen MR) is 77.6 cm³/mol. The van der Waals surface area contributed by atoms with E-state index in [9.17, 15) is 0 Å². The Bertz CT molecular complexity index is 685. The maximum atomic E-state index is 5.81. The van der Waals surface area contributed by atoms with Crippen LogP contribution in [0.5, 0.6) is 0 Å². The fourth-order valence-corrected chi connectivity index (χ4v) is 3.11. The summed E-state index contributed by atoms with van der Waals surface area (Å²) in [4.78, 5) is 10.1. The van der Waals surface area contributed by atoms with Crippen molar-refractivity contribution in [3.8, 4) is 21.3 Å². The summed E-state index contributed by atoms with van der Waals surface area (Å²) in [5.74, 6) is 0.877. The van der Waals surface area contributed by atoms with Crippen molar-refractivity contribution in [2.75, 3.05) is 0 Å². The van der Waals surface area contributed by atoms with E-state index in [0.717, 1.165) is 27.0 Å². The molecule has 0 aliphatic carbocycles. The summed E-state index contributed by atoms with van der Waals surface area (Å²) in [6, 6.07) is 10.2. The van der Waals surface area contributed by atoms with E-state index in [4.69, 9.17) is 5.73 Å². The average Bonchev–Trinajstić information content (AvgIpc) is 3.05. The summed E-state index contributed by atoms with van der Waals surface area (Å²) in [6.45, 7) is 0.436. The summed E-state index contributed by atoms with van der Waals surface area (Å²) in [6.07, 6.45) is 3.70. The van der Waals surface area contributed by atoms with Crippen molar-refractivity contribution >= 4 is 11.3 Å². The van der Waals surface area contributed by atoms with Gasteiger partial charge in [-0.1, -0.05) is 30.3 Å². The van der Waals surface area contributed by atoms with E-state index < -0.39 is 0 Å². The van der Waals surface area contributed by atoms with Gasteiger partial charge in [-0.05, 0) is 5.56 Å². The van der Waals surface area contributed by atoms with Crippen LogP contribution < -0.4 is 5.73 Å². The molecule has 3 rings (SSSR count). The topological polar surface area (TPSA) is 56.7 Å². The largest absolute Gasteiger partial charge is 0.332 e. The van der Waals surface area contributed by atoms with Crippen LogP contribution in [0, 0.1) is 0 Å². The molecule has 0 atom stereocenters. The van der Waals surface area contributed by atoms with Crippen LogP contribution in [-0.2, 0) is 13.6 Å². The van der Waals surface area contributed by atoms with Crippen LogP contribution in [0.1, 0.15) is 5.69 Å². The van der Waals surface area contributed by atoms with Gasteiger partial charge in [0.25, 0.3) is 0 Å². The summed E-state index contributed by atoms with van der Waals surface area (Å²) in [5, 5.41) is 0.909. The van der Waals surface area contributed by atoms with Gasteiger partial charge < -0.3 is 10.3 Å². The monoisotopic (exact) mass is 270 g/mol. The summed E-state index contributed by atoms with van der Waals surface area (Å²) in [7, 11) is 1.97. The van der Waals surface area contributed by atoms with Crippen LogP contribution in [0.25, 0.3) is 21.3 Å². The molecule has 0 bridgehead atoms. The molecule has 2 N–H and O–H groups in total. The van der Waals surface area contributed by atoms with Crippen molar-refractivity contribution < 1.29 is 0 Å². The number of thiazole rings is 1. The second-order valence-corrected chi connectivity index (χ2v) is 5.23. The molecule has 2 heterocycles. The molecule has 96 valence electrons. The van der Waals surface area contributed by atoms with Crippen molar-refractivity contribution in [2.24, 2.45) is 12.8 Å². The average molecular weight is 270 g/mol. The summed E-state index contributed by atoms with van der Waals surface area (Å²) >= 11 is 1.63. The number of hydrogen-bond donors (Lipinski definition) is 1. The van der Waals surface area contributed by atoms with Crippen LogP contribution >= 0.6 is 11.3 Å². The van der Waals surface area contributed by atoms with Gasteiger partial charge in [0.15, 0.2) is 10.8 Å². The molecule has 0 fully saturated rings. The van der Waals surface area contributed by atoms with Crippen molar-refractivity contribution in [3.05, 3.63) is 48.4 Å². The van der Waals surface area contributed by atoms with Gasteiger partial charge in [-0.2, -0.15) is 0 Å². The number of benzene rings is 1. The van der Waals surface area contributed by atoms with E-state index in [1.807, 2.05) is 36.0 Å². The van der Waals surface area contributed by atoms with E-state index in [2.05, 4.69) is 22.1 Å². The lowest BCUT2D eigenvalue weighted by Gasteiger charge is -1.98. The van der Waals surface area contributed by atoms with Crippen molar-refractivity contribution in [3.63, 3.8) is 0 Å². The van der Waals surface area contributed by atoms with Crippen LogP contribution in [0.15, 0.2) is 42.7 Å². The lowest BCUT2D eigenvalue weighted by molar-refractivity contribution is 0.917.